The van der Waals surface area contributed by atoms with Crippen molar-refractivity contribution in [1.29, 1.82) is 0 Å². The molecule has 0 radical (unpaired) electrons. The third kappa shape index (κ3) is 3.25. The highest BCUT2D eigenvalue weighted by atomic mass is 16.5. The second-order valence-corrected chi connectivity index (χ2v) is 4.22. The fourth-order valence-corrected chi connectivity index (χ4v) is 1.97. The zero-order chi connectivity index (χ0) is 15.2. The lowest BCUT2D eigenvalue weighted by Crippen LogP contribution is -2.14. The van der Waals surface area contributed by atoms with Gasteiger partial charge in [0.2, 0.25) is 0 Å². The molecular weight excluding hydrogens is 270 g/mol. The normalized spacial score (nSPS) is 9.86. The summed E-state index contributed by atoms with van der Waals surface area (Å²) in [5.41, 5.74) is 0.984. The van der Waals surface area contributed by atoms with Crippen molar-refractivity contribution in [3.8, 4) is 17.2 Å². The first-order valence-corrected chi connectivity index (χ1v) is 6.36. The lowest BCUT2D eigenvalue weighted by molar-refractivity contribution is 0.102. The fourth-order valence-electron chi connectivity index (χ4n) is 1.97. The van der Waals surface area contributed by atoms with E-state index in [0.717, 1.165) is 0 Å². The average molecular weight is 287 g/mol. The van der Waals surface area contributed by atoms with Gasteiger partial charge in [0, 0.05) is 11.8 Å². The molecule has 0 fully saturated rings. The molecule has 1 N–H and O–H groups in total. The van der Waals surface area contributed by atoms with Crippen molar-refractivity contribution in [2.75, 3.05) is 26.6 Å². The van der Waals surface area contributed by atoms with Crippen LogP contribution < -0.4 is 19.5 Å². The average Bonchev–Trinajstić information content (AvgIpc) is 2.53. The van der Waals surface area contributed by atoms with Gasteiger partial charge in [0.15, 0.2) is 0 Å². The number of hydrogen-bond acceptors (Lipinski definition) is 4. The molecule has 0 aromatic heterocycles. The molecule has 0 aliphatic heterocycles. The van der Waals surface area contributed by atoms with Gasteiger partial charge in [-0.05, 0) is 24.3 Å². The number of anilines is 1. The molecule has 2 rings (SSSR count). The summed E-state index contributed by atoms with van der Waals surface area (Å²) in [5, 5.41) is 2.80. The highest BCUT2D eigenvalue weighted by Crippen LogP contribution is 2.29. The van der Waals surface area contributed by atoms with E-state index in [1.165, 1.54) is 14.2 Å². The summed E-state index contributed by atoms with van der Waals surface area (Å²) in [4.78, 5) is 12.5. The van der Waals surface area contributed by atoms with E-state index < -0.39 is 0 Å². The Morgan fingerprint density at radius 2 is 1.52 bits per heavy atom. The van der Waals surface area contributed by atoms with Gasteiger partial charge in [-0.3, -0.25) is 4.79 Å². The van der Waals surface area contributed by atoms with Crippen molar-refractivity contribution in [2.24, 2.45) is 0 Å². The number of ether oxygens (including phenoxy) is 3. The number of benzene rings is 2. The summed E-state index contributed by atoms with van der Waals surface area (Å²) < 4.78 is 15.6. The molecule has 0 atom stereocenters. The molecule has 1 amide bonds. The van der Waals surface area contributed by atoms with Crippen molar-refractivity contribution >= 4 is 11.6 Å². The van der Waals surface area contributed by atoms with E-state index in [9.17, 15) is 4.79 Å². The van der Waals surface area contributed by atoms with Crippen LogP contribution in [0.5, 0.6) is 17.2 Å². The topological polar surface area (TPSA) is 56.8 Å². The molecule has 0 saturated carbocycles. The van der Waals surface area contributed by atoms with Crippen LogP contribution in [0.3, 0.4) is 0 Å². The van der Waals surface area contributed by atoms with Crippen molar-refractivity contribution < 1.29 is 19.0 Å². The van der Waals surface area contributed by atoms with Crippen LogP contribution in [0, 0.1) is 0 Å². The fraction of sp³-hybridized carbons (Fsp3) is 0.188. The Morgan fingerprint density at radius 1 is 0.905 bits per heavy atom. The second-order valence-electron chi connectivity index (χ2n) is 4.22. The Kier molecular flexibility index (Phi) is 4.66. The van der Waals surface area contributed by atoms with Crippen LogP contribution >= 0.6 is 0 Å². The quantitative estimate of drug-likeness (QED) is 0.918. The van der Waals surface area contributed by atoms with E-state index in [0.29, 0.717) is 28.5 Å². The van der Waals surface area contributed by atoms with E-state index in [4.69, 9.17) is 14.2 Å². The van der Waals surface area contributed by atoms with Crippen LogP contribution in [0.25, 0.3) is 0 Å². The van der Waals surface area contributed by atoms with Gasteiger partial charge < -0.3 is 19.5 Å². The van der Waals surface area contributed by atoms with Gasteiger partial charge in [-0.15, -0.1) is 0 Å². The number of rotatable bonds is 5. The van der Waals surface area contributed by atoms with E-state index in [1.807, 2.05) is 0 Å². The number of amides is 1. The lowest BCUT2D eigenvalue weighted by Gasteiger charge is -2.13. The summed E-state index contributed by atoms with van der Waals surface area (Å²) >= 11 is 0. The Hall–Kier alpha value is -2.69. The van der Waals surface area contributed by atoms with Crippen molar-refractivity contribution in [2.45, 2.75) is 0 Å². The van der Waals surface area contributed by atoms with E-state index in [2.05, 4.69) is 5.32 Å². The van der Waals surface area contributed by atoms with Crippen LogP contribution in [-0.4, -0.2) is 27.2 Å². The highest BCUT2D eigenvalue weighted by molar-refractivity contribution is 6.08. The molecule has 21 heavy (non-hydrogen) atoms. The highest BCUT2D eigenvalue weighted by Gasteiger charge is 2.18. The summed E-state index contributed by atoms with van der Waals surface area (Å²) in [5.74, 6) is 1.27. The summed E-state index contributed by atoms with van der Waals surface area (Å²) in [6.07, 6.45) is 0. The molecule has 0 aliphatic rings. The van der Waals surface area contributed by atoms with Gasteiger partial charge in [0.1, 0.15) is 22.8 Å². The smallest absolute Gasteiger partial charge is 0.263 e. The summed E-state index contributed by atoms with van der Waals surface area (Å²) in [6.45, 7) is 0. The predicted octanol–water partition coefficient (Wildman–Crippen LogP) is 2.96. The monoisotopic (exact) mass is 287 g/mol. The first-order valence-electron chi connectivity index (χ1n) is 6.36. The lowest BCUT2D eigenvalue weighted by atomic mass is 10.1. The molecular formula is C16H17NO4. The molecule has 0 spiro atoms. The number of nitrogens with one attached hydrogen (secondary N) is 1. The van der Waals surface area contributed by atoms with Gasteiger partial charge >= 0.3 is 0 Å². The van der Waals surface area contributed by atoms with Crippen molar-refractivity contribution in [3.05, 3.63) is 48.0 Å². The molecule has 0 heterocycles. The summed E-state index contributed by atoms with van der Waals surface area (Å²) in [6, 6.07) is 12.3. The molecule has 0 saturated heterocycles. The molecule has 0 aliphatic carbocycles. The molecule has 2 aromatic carbocycles. The van der Waals surface area contributed by atoms with Crippen molar-refractivity contribution in [3.63, 3.8) is 0 Å². The largest absolute Gasteiger partial charge is 0.497 e. The van der Waals surface area contributed by atoms with E-state index >= 15 is 0 Å². The maximum atomic E-state index is 12.5. The third-order valence-corrected chi connectivity index (χ3v) is 2.98. The van der Waals surface area contributed by atoms with Crippen LogP contribution in [0.2, 0.25) is 0 Å². The van der Waals surface area contributed by atoms with Crippen LogP contribution in [-0.2, 0) is 0 Å². The van der Waals surface area contributed by atoms with Gasteiger partial charge in [-0.1, -0.05) is 12.1 Å². The number of methoxy groups -OCH3 is 3. The van der Waals surface area contributed by atoms with Gasteiger partial charge in [-0.2, -0.15) is 0 Å². The molecule has 5 nitrogen and oxygen atoms in total. The van der Waals surface area contributed by atoms with Gasteiger partial charge in [0.25, 0.3) is 5.91 Å². The predicted molar refractivity (Wildman–Crippen MR) is 80.5 cm³/mol. The Balaban J connectivity index is 2.31. The number of carbonyl (C=O) groups is 1. The zero-order valence-electron chi connectivity index (χ0n) is 12.2. The van der Waals surface area contributed by atoms with Crippen molar-refractivity contribution in [1.82, 2.24) is 0 Å². The Bertz CT molecular complexity index is 618. The third-order valence-electron chi connectivity index (χ3n) is 2.98. The zero-order valence-corrected chi connectivity index (χ0v) is 12.2. The van der Waals surface area contributed by atoms with Crippen LogP contribution in [0.4, 0.5) is 5.69 Å². The number of carbonyl (C=O) groups excluding carboxylic acids is 1. The second kappa shape index (κ2) is 6.65. The molecule has 110 valence electrons. The number of hydrogen-bond donors (Lipinski definition) is 1. The summed E-state index contributed by atoms with van der Waals surface area (Å²) in [7, 11) is 4.60. The SMILES string of the molecule is COc1cccc(NC(=O)c2c(OC)cccc2OC)c1. The maximum absolute atomic E-state index is 12.5. The first kappa shape index (κ1) is 14.7. The standard InChI is InChI=1S/C16H17NO4/c1-19-12-7-4-6-11(10-12)17-16(18)15-13(20-2)8-5-9-14(15)21-3/h4-10H,1-3H3,(H,17,18). The molecule has 5 heteroatoms. The molecule has 2 aromatic rings. The maximum Gasteiger partial charge on any atom is 0.263 e. The molecule has 0 unspecified atom stereocenters. The van der Waals surface area contributed by atoms with Crippen LogP contribution in [0.1, 0.15) is 10.4 Å². The Morgan fingerprint density at radius 3 is 2.10 bits per heavy atom. The van der Waals surface area contributed by atoms with E-state index in [1.54, 1.807) is 49.6 Å². The minimum absolute atomic E-state index is 0.308. The van der Waals surface area contributed by atoms with E-state index in [-0.39, 0.29) is 5.91 Å². The molecule has 0 bridgehead atoms. The first-order chi connectivity index (χ1) is 10.2. The minimum Gasteiger partial charge on any atom is -0.497 e. The van der Waals surface area contributed by atoms with Gasteiger partial charge in [-0.25, -0.2) is 0 Å². The van der Waals surface area contributed by atoms with Gasteiger partial charge in [0.05, 0.1) is 21.3 Å². The minimum atomic E-state index is -0.308. The Labute approximate surface area is 123 Å². The van der Waals surface area contributed by atoms with Crippen LogP contribution in [0.15, 0.2) is 42.5 Å².